The lowest BCUT2D eigenvalue weighted by atomic mass is 9.93. The molecule has 0 aliphatic heterocycles. The molecule has 2 rings (SSSR count). The smallest absolute Gasteiger partial charge is 0.185 e. The van der Waals surface area contributed by atoms with E-state index in [1.54, 1.807) is 6.08 Å². The van der Waals surface area contributed by atoms with Gasteiger partial charge in [-0.1, -0.05) is 12.0 Å². The first kappa shape index (κ1) is 12.0. The summed E-state index contributed by atoms with van der Waals surface area (Å²) in [6.45, 7) is 0. The molecule has 0 amide bonds. The molecule has 0 saturated heterocycles. The number of halogens is 2. The lowest BCUT2D eigenvalue weighted by Gasteiger charge is -2.12. The fourth-order valence-electron chi connectivity index (χ4n) is 2.07. The predicted octanol–water partition coefficient (Wildman–Crippen LogP) is 4.04. The Labute approximate surface area is 99.1 Å². The number of carbonyl (C=O) groups excluding carboxylic acids is 1. The minimum Gasteiger partial charge on any atom is -0.289 e. The number of hydrogen-bond acceptors (Lipinski definition) is 1. The molecular formula is C14H14F2O. The number of carbonyl (C=O) groups is 1. The van der Waals surface area contributed by atoms with Crippen LogP contribution >= 0.6 is 0 Å². The van der Waals surface area contributed by atoms with Gasteiger partial charge in [-0.25, -0.2) is 8.78 Å². The minimum atomic E-state index is -0.974. The second kappa shape index (κ2) is 5.21. The van der Waals surface area contributed by atoms with Gasteiger partial charge in [0.05, 0.1) is 0 Å². The van der Waals surface area contributed by atoms with E-state index in [0.29, 0.717) is 0 Å². The van der Waals surface area contributed by atoms with Gasteiger partial charge in [0.2, 0.25) is 0 Å². The molecule has 1 saturated carbocycles. The summed E-state index contributed by atoms with van der Waals surface area (Å²) >= 11 is 0. The zero-order valence-corrected chi connectivity index (χ0v) is 9.51. The van der Waals surface area contributed by atoms with Crippen LogP contribution in [0, 0.1) is 11.6 Å². The maximum absolute atomic E-state index is 13.0. The SMILES string of the molecule is O=C(C=C1CCCCC1)c1ccc(F)c(F)c1. The number of rotatable bonds is 2. The Morgan fingerprint density at radius 3 is 2.41 bits per heavy atom. The molecule has 0 bridgehead atoms. The summed E-state index contributed by atoms with van der Waals surface area (Å²) in [6.07, 6.45) is 6.88. The zero-order chi connectivity index (χ0) is 12.3. The molecule has 17 heavy (non-hydrogen) atoms. The molecule has 0 heterocycles. The normalized spacial score (nSPS) is 15.8. The molecule has 3 heteroatoms. The van der Waals surface area contributed by atoms with Crippen LogP contribution in [-0.4, -0.2) is 5.78 Å². The highest BCUT2D eigenvalue weighted by Gasteiger charge is 2.11. The Kier molecular flexibility index (Phi) is 3.67. The van der Waals surface area contributed by atoms with E-state index < -0.39 is 11.6 Å². The largest absolute Gasteiger partial charge is 0.289 e. The molecule has 90 valence electrons. The van der Waals surface area contributed by atoms with Crippen LogP contribution < -0.4 is 0 Å². The van der Waals surface area contributed by atoms with Crippen LogP contribution in [0.5, 0.6) is 0 Å². The van der Waals surface area contributed by atoms with Gasteiger partial charge in [-0.2, -0.15) is 0 Å². The highest BCUT2D eigenvalue weighted by Crippen LogP contribution is 2.23. The Balaban J connectivity index is 2.16. The van der Waals surface area contributed by atoms with Gasteiger partial charge in [0, 0.05) is 5.56 Å². The first-order valence-corrected chi connectivity index (χ1v) is 5.85. The van der Waals surface area contributed by atoms with Crippen molar-refractivity contribution in [2.24, 2.45) is 0 Å². The first-order chi connectivity index (χ1) is 8.16. The molecule has 0 N–H and O–H groups in total. The molecule has 0 spiro atoms. The van der Waals surface area contributed by atoms with Gasteiger partial charge >= 0.3 is 0 Å². The van der Waals surface area contributed by atoms with Crippen LogP contribution in [0.4, 0.5) is 8.78 Å². The van der Waals surface area contributed by atoms with E-state index in [2.05, 4.69) is 0 Å². The molecule has 1 aliphatic rings. The maximum Gasteiger partial charge on any atom is 0.185 e. The topological polar surface area (TPSA) is 17.1 Å². The highest BCUT2D eigenvalue weighted by molar-refractivity contribution is 6.04. The maximum atomic E-state index is 13.0. The summed E-state index contributed by atoms with van der Waals surface area (Å²) in [5, 5.41) is 0. The van der Waals surface area contributed by atoms with Crippen molar-refractivity contribution in [3.8, 4) is 0 Å². The van der Waals surface area contributed by atoms with Gasteiger partial charge in [0.25, 0.3) is 0 Å². The number of hydrogen-bond donors (Lipinski definition) is 0. The van der Waals surface area contributed by atoms with Gasteiger partial charge in [0.15, 0.2) is 17.4 Å². The lowest BCUT2D eigenvalue weighted by molar-refractivity contribution is 0.104. The van der Waals surface area contributed by atoms with Crippen molar-refractivity contribution < 1.29 is 13.6 Å². The van der Waals surface area contributed by atoms with Crippen molar-refractivity contribution in [3.05, 3.63) is 47.0 Å². The van der Waals surface area contributed by atoms with Crippen molar-refractivity contribution in [1.29, 1.82) is 0 Å². The Bertz CT molecular complexity index is 455. The van der Waals surface area contributed by atoms with E-state index in [0.717, 1.165) is 43.4 Å². The molecule has 0 atom stereocenters. The Morgan fingerprint density at radius 2 is 1.76 bits per heavy atom. The van der Waals surface area contributed by atoms with E-state index in [1.165, 1.54) is 12.5 Å². The van der Waals surface area contributed by atoms with E-state index in [1.807, 2.05) is 0 Å². The van der Waals surface area contributed by atoms with Gasteiger partial charge in [0.1, 0.15) is 0 Å². The van der Waals surface area contributed by atoms with E-state index in [-0.39, 0.29) is 11.3 Å². The summed E-state index contributed by atoms with van der Waals surface area (Å²) in [5.41, 5.74) is 1.33. The minimum absolute atomic E-state index is 0.210. The molecule has 1 fully saturated rings. The number of benzene rings is 1. The Morgan fingerprint density at radius 1 is 1.06 bits per heavy atom. The quantitative estimate of drug-likeness (QED) is 0.559. The van der Waals surface area contributed by atoms with Crippen LogP contribution in [0.1, 0.15) is 42.5 Å². The van der Waals surface area contributed by atoms with Crippen molar-refractivity contribution >= 4 is 5.78 Å². The van der Waals surface area contributed by atoms with Crippen molar-refractivity contribution in [2.75, 3.05) is 0 Å². The van der Waals surface area contributed by atoms with Crippen LogP contribution in [0.25, 0.3) is 0 Å². The molecule has 1 aliphatic carbocycles. The Hall–Kier alpha value is -1.51. The molecular weight excluding hydrogens is 222 g/mol. The molecule has 0 aromatic heterocycles. The molecule has 0 unspecified atom stereocenters. The van der Waals surface area contributed by atoms with Crippen molar-refractivity contribution in [1.82, 2.24) is 0 Å². The van der Waals surface area contributed by atoms with Crippen molar-refractivity contribution in [3.63, 3.8) is 0 Å². The third-order valence-electron chi connectivity index (χ3n) is 3.04. The molecule has 1 aromatic carbocycles. The van der Waals surface area contributed by atoms with Gasteiger partial charge in [-0.3, -0.25) is 4.79 Å². The lowest BCUT2D eigenvalue weighted by Crippen LogP contribution is -2.01. The molecule has 0 radical (unpaired) electrons. The fourth-order valence-corrected chi connectivity index (χ4v) is 2.07. The second-order valence-corrected chi connectivity index (χ2v) is 4.36. The van der Waals surface area contributed by atoms with E-state index in [4.69, 9.17) is 0 Å². The molecule has 1 nitrogen and oxygen atoms in total. The summed E-state index contributed by atoms with van der Waals surface area (Å²) in [6, 6.07) is 3.26. The monoisotopic (exact) mass is 236 g/mol. The fraction of sp³-hybridized carbons (Fsp3) is 0.357. The average molecular weight is 236 g/mol. The van der Waals surface area contributed by atoms with E-state index in [9.17, 15) is 13.6 Å². The standard InChI is InChI=1S/C14H14F2O/c15-12-7-6-11(9-13(12)16)14(17)8-10-4-2-1-3-5-10/h6-9H,1-5H2. The summed E-state index contributed by atoms with van der Waals surface area (Å²) in [7, 11) is 0. The number of ketones is 1. The zero-order valence-electron chi connectivity index (χ0n) is 9.51. The van der Waals surface area contributed by atoms with Gasteiger partial charge in [-0.15, -0.1) is 0 Å². The first-order valence-electron chi connectivity index (χ1n) is 5.85. The van der Waals surface area contributed by atoms with Gasteiger partial charge in [-0.05, 0) is 50.0 Å². The predicted molar refractivity (Wildman–Crippen MR) is 61.9 cm³/mol. The summed E-state index contributed by atoms with van der Waals surface area (Å²) in [5.74, 6) is -2.13. The van der Waals surface area contributed by atoms with Crippen molar-refractivity contribution in [2.45, 2.75) is 32.1 Å². The summed E-state index contributed by atoms with van der Waals surface area (Å²) < 4.78 is 25.7. The highest BCUT2D eigenvalue weighted by atomic mass is 19.2. The van der Waals surface area contributed by atoms with Crippen LogP contribution in [0.3, 0.4) is 0 Å². The second-order valence-electron chi connectivity index (χ2n) is 4.36. The molecule has 1 aromatic rings. The third-order valence-corrected chi connectivity index (χ3v) is 3.04. The number of allylic oxidation sites excluding steroid dienone is 2. The van der Waals surface area contributed by atoms with Gasteiger partial charge < -0.3 is 0 Å². The van der Waals surface area contributed by atoms with Crippen LogP contribution in [-0.2, 0) is 0 Å². The summed E-state index contributed by atoms with van der Waals surface area (Å²) in [4.78, 5) is 11.8. The van der Waals surface area contributed by atoms with Crippen LogP contribution in [0.15, 0.2) is 29.8 Å². The average Bonchev–Trinajstić information content (AvgIpc) is 2.34. The van der Waals surface area contributed by atoms with Crippen LogP contribution in [0.2, 0.25) is 0 Å². The third kappa shape index (κ3) is 2.99. The van der Waals surface area contributed by atoms with E-state index >= 15 is 0 Å².